The van der Waals surface area contributed by atoms with E-state index in [-0.39, 0.29) is 0 Å². The summed E-state index contributed by atoms with van der Waals surface area (Å²) in [6.45, 7) is 4.85. The first-order valence-electron chi connectivity index (χ1n) is 5.51. The zero-order valence-electron chi connectivity index (χ0n) is 9.93. The number of hydrogen-bond donors (Lipinski definition) is 1. The van der Waals surface area contributed by atoms with Gasteiger partial charge >= 0.3 is 0 Å². The van der Waals surface area contributed by atoms with Gasteiger partial charge in [0.2, 0.25) is 0 Å². The Morgan fingerprint density at radius 1 is 1.47 bits per heavy atom. The van der Waals surface area contributed by atoms with Gasteiger partial charge in [-0.3, -0.25) is 0 Å². The Bertz CT molecular complexity index is 484. The van der Waals surface area contributed by atoms with E-state index >= 15 is 0 Å². The largest absolute Gasteiger partial charge is 0.440 e. The summed E-state index contributed by atoms with van der Waals surface area (Å²) in [6.07, 6.45) is 3.48. The Morgan fingerprint density at radius 3 is 3.06 bits per heavy atom. The Morgan fingerprint density at radius 2 is 2.35 bits per heavy atom. The number of nitrogens with zero attached hydrogens (tertiary/aromatic N) is 2. The average molecular weight is 249 g/mol. The number of aryl methyl sites for hydroxylation is 1. The molecule has 2 rings (SSSR count). The summed E-state index contributed by atoms with van der Waals surface area (Å²) >= 11 is 1.59. The highest BCUT2D eigenvalue weighted by Crippen LogP contribution is 2.22. The molecule has 0 aliphatic carbocycles. The Balaban J connectivity index is 1.96. The summed E-state index contributed by atoms with van der Waals surface area (Å²) in [5, 5.41) is 3.90. The lowest BCUT2D eigenvalue weighted by Crippen LogP contribution is -1.99. The lowest BCUT2D eigenvalue weighted by Gasteiger charge is -2.04. The second kappa shape index (κ2) is 5.72. The third kappa shape index (κ3) is 3.49. The number of pyridine rings is 1. The number of hydrogen-bond acceptors (Lipinski definition) is 5. The van der Waals surface area contributed by atoms with Gasteiger partial charge in [-0.05, 0) is 31.5 Å². The Kier molecular flexibility index (Phi) is 4.03. The molecule has 2 heterocycles. The van der Waals surface area contributed by atoms with E-state index < -0.39 is 0 Å². The summed E-state index contributed by atoms with van der Waals surface area (Å²) < 4.78 is 5.28. The van der Waals surface area contributed by atoms with Gasteiger partial charge in [-0.25, -0.2) is 9.97 Å². The van der Waals surface area contributed by atoms with Crippen LogP contribution in [-0.2, 0) is 5.75 Å². The molecule has 2 aromatic rings. The third-order valence-corrected chi connectivity index (χ3v) is 3.05. The molecule has 0 atom stereocenters. The minimum absolute atomic E-state index is 0.712. The predicted molar refractivity (Wildman–Crippen MR) is 69.2 cm³/mol. The van der Waals surface area contributed by atoms with Crippen LogP contribution in [0.2, 0.25) is 0 Å². The molecule has 2 aromatic heterocycles. The maximum absolute atomic E-state index is 5.28. The summed E-state index contributed by atoms with van der Waals surface area (Å²) in [5.41, 5.74) is 2.12. The first kappa shape index (κ1) is 12.0. The van der Waals surface area contributed by atoms with Gasteiger partial charge in [0.25, 0.3) is 5.22 Å². The van der Waals surface area contributed by atoms with Gasteiger partial charge in [-0.15, -0.1) is 0 Å². The van der Waals surface area contributed by atoms with Crippen LogP contribution in [0, 0.1) is 6.92 Å². The second-order valence-corrected chi connectivity index (χ2v) is 4.55. The number of anilines is 1. The SMILES string of the molecule is CCNc1cc(CSc2nc(C)co2)ccn1. The van der Waals surface area contributed by atoms with Crippen molar-refractivity contribution in [2.24, 2.45) is 0 Å². The van der Waals surface area contributed by atoms with Crippen LogP contribution in [0.4, 0.5) is 5.82 Å². The zero-order chi connectivity index (χ0) is 12.1. The van der Waals surface area contributed by atoms with Crippen molar-refractivity contribution in [2.75, 3.05) is 11.9 Å². The van der Waals surface area contributed by atoms with Crippen LogP contribution >= 0.6 is 11.8 Å². The molecule has 0 radical (unpaired) electrons. The van der Waals surface area contributed by atoms with Crippen molar-refractivity contribution >= 4 is 17.6 Å². The molecule has 17 heavy (non-hydrogen) atoms. The number of nitrogens with one attached hydrogen (secondary N) is 1. The maximum Gasteiger partial charge on any atom is 0.256 e. The van der Waals surface area contributed by atoms with E-state index in [0.29, 0.717) is 5.22 Å². The highest BCUT2D eigenvalue weighted by Gasteiger charge is 2.03. The topological polar surface area (TPSA) is 51.0 Å². The van der Waals surface area contributed by atoms with Crippen molar-refractivity contribution in [1.29, 1.82) is 0 Å². The lowest BCUT2D eigenvalue weighted by atomic mass is 10.3. The van der Waals surface area contributed by atoms with Crippen molar-refractivity contribution < 1.29 is 4.42 Å². The van der Waals surface area contributed by atoms with E-state index in [2.05, 4.69) is 22.2 Å². The molecule has 90 valence electrons. The third-order valence-electron chi connectivity index (χ3n) is 2.14. The number of rotatable bonds is 5. The van der Waals surface area contributed by atoms with Crippen LogP contribution < -0.4 is 5.32 Å². The highest BCUT2D eigenvalue weighted by atomic mass is 32.2. The molecule has 0 bridgehead atoms. The van der Waals surface area contributed by atoms with Crippen molar-refractivity contribution in [1.82, 2.24) is 9.97 Å². The number of oxazole rings is 1. The molecule has 0 aromatic carbocycles. The standard InChI is InChI=1S/C12H15N3OS/c1-3-13-11-6-10(4-5-14-11)8-17-12-15-9(2)7-16-12/h4-7H,3,8H2,1-2H3,(H,13,14). The van der Waals surface area contributed by atoms with Gasteiger partial charge in [0.05, 0.1) is 5.69 Å². The summed E-state index contributed by atoms with van der Waals surface area (Å²) in [5.74, 6) is 1.75. The minimum atomic E-state index is 0.712. The van der Waals surface area contributed by atoms with Crippen LogP contribution in [0.25, 0.3) is 0 Å². The van der Waals surface area contributed by atoms with Gasteiger partial charge in [0, 0.05) is 18.5 Å². The van der Waals surface area contributed by atoms with Gasteiger partial charge < -0.3 is 9.73 Å². The maximum atomic E-state index is 5.28. The number of thioether (sulfide) groups is 1. The lowest BCUT2D eigenvalue weighted by molar-refractivity contribution is 0.454. The molecule has 0 saturated carbocycles. The van der Waals surface area contributed by atoms with E-state index in [1.807, 2.05) is 25.3 Å². The van der Waals surface area contributed by atoms with E-state index in [9.17, 15) is 0 Å². The van der Waals surface area contributed by atoms with Gasteiger partial charge in [0.1, 0.15) is 12.1 Å². The summed E-state index contributed by atoms with van der Waals surface area (Å²) in [7, 11) is 0. The van der Waals surface area contributed by atoms with E-state index in [1.54, 1.807) is 18.0 Å². The molecule has 0 unspecified atom stereocenters. The minimum Gasteiger partial charge on any atom is -0.440 e. The molecule has 0 saturated heterocycles. The van der Waals surface area contributed by atoms with Crippen LogP contribution in [0.3, 0.4) is 0 Å². The molecule has 0 amide bonds. The van der Waals surface area contributed by atoms with Gasteiger partial charge in [-0.2, -0.15) is 0 Å². The monoisotopic (exact) mass is 249 g/mol. The first-order valence-corrected chi connectivity index (χ1v) is 6.50. The fourth-order valence-electron chi connectivity index (χ4n) is 1.39. The van der Waals surface area contributed by atoms with Crippen LogP contribution in [0.5, 0.6) is 0 Å². The molecular weight excluding hydrogens is 234 g/mol. The van der Waals surface area contributed by atoms with E-state index in [1.165, 1.54) is 5.56 Å². The quantitative estimate of drug-likeness (QED) is 0.825. The molecular formula is C12H15N3OS. The molecule has 0 fully saturated rings. The van der Waals surface area contributed by atoms with Gasteiger partial charge in [0.15, 0.2) is 0 Å². The normalized spacial score (nSPS) is 10.5. The summed E-state index contributed by atoms with van der Waals surface area (Å²) in [4.78, 5) is 8.48. The molecule has 5 heteroatoms. The zero-order valence-corrected chi connectivity index (χ0v) is 10.8. The van der Waals surface area contributed by atoms with Gasteiger partial charge in [-0.1, -0.05) is 11.8 Å². The predicted octanol–water partition coefficient (Wildman–Crippen LogP) is 3.10. The van der Waals surface area contributed by atoms with Crippen LogP contribution in [0.15, 0.2) is 34.2 Å². The smallest absolute Gasteiger partial charge is 0.256 e. The van der Waals surface area contributed by atoms with Crippen molar-refractivity contribution in [2.45, 2.75) is 24.8 Å². The van der Waals surface area contributed by atoms with Crippen molar-refractivity contribution in [3.05, 3.63) is 35.9 Å². The summed E-state index contributed by atoms with van der Waals surface area (Å²) in [6, 6.07) is 4.05. The number of aromatic nitrogens is 2. The highest BCUT2D eigenvalue weighted by molar-refractivity contribution is 7.98. The first-order chi connectivity index (χ1) is 8.28. The van der Waals surface area contributed by atoms with Crippen molar-refractivity contribution in [3.8, 4) is 0 Å². The molecule has 4 nitrogen and oxygen atoms in total. The Labute approximate surface area is 105 Å². The molecule has 0 spiro atoms. The molecule has 0 aliphatic heterocycles. The second-order valence-electron chi connectivity index (χ2n) is 3.62. The fraction of sp³-hybridized carbons (Fsp3) is 0.333. The fourth-order valence-corrected chi connectivity index (χ4v) is 2.18. The van der Waals surface area contributed by atoms with E-state index in [0.717, 1.165) is 23.8 Å². The van der Waals surface area contributed by atoms with E-state index in [4.69, 9.17) is 4.42 Å². The average Bonchev–Trinajstić information content (AvgIpc) is 2.74. The molecule has 0 aliphatic rings. The van der Waals surface area contributed by atoms with Crippen LogP contribution in [-0.4, -0.2) is 16.5 Å². The Hall–Kier alpha value is -1.49. The van der Waals surface area contributed by atoms with Crippen LogP contribution in [0.1, 0.15) is 18.2 Å². The molecule has 1 N–H and O–H groups in total. The van der Waals surface area contributed by atoms with Crippen molar-refractivity contribution in [3.63, 3.8) is 0 Å².